The van der Waals surface area contributed by atoms with Crippen molar-refractivity contribution in [2.24, 2.45) is 5.92 Å². The van der Waals surface area contributed by atoms with E-state index in [4.69, 9.17) is 16.6 Å². The Hall–Kier alpha value is -2.10. The number of aryl methyl sites for hydroxylation is 1. The lowest BCUT2D eigenvalue weighted by atomic mass is 9.95. The zero-order chi connectivity index (χ0) is 19.3. The number of hydrogen-bond acceptors (Lipinski definition) is 3. The van der Waals surface area contributed by atoms with Crippen LogP contribution in [0.15, 0.2) is 48.5 Å². The Morgan fingerprint density at radius 2 is 2.07 bits per heavy atom. The number of para-hydroxylation sites is 1. The number of pyridine rings is 1. The van der Waals surface area contributed by atoms with Crippen molar-refractivity contribution in [3.63, 3.8) is 0 Å². The third kappa shape index (κ3) is 4.48. The van der Waals surface area contributed by atoms with Crippen LogP contribution in [0.25, 0.3) is 22.2 Å². The van der Waals surface area contributed by atoms with Crippen molar-refractivity contribution in [1.82, 2.24) is 10.3 Å². The van der Waals surface area contributed by atoms with E-state index in [9.17, 15) is 0 Å². The van der Waals surface area contributed by atoms with Gasteiger partial charge in [0.2, 0.25) is 0 Å². The van der Waals surface area contributed by atoms with Crippen molar-refractivity contribution in [3.05, 3.63) is 59.1 Å². The minimum atomic E-state index is 0.762. The van der Waals surface area contributed by atoms with E-state index in [1.165, 1.54) is 44.2 Å². The van der Waals surface area contributed by atoms with Gasteiger partial charge in [0.1, 0.15) is 0 Å². The van der Waals surface area contributed by atoms with Crippen LogP contribution in [0.1, 0.15) is 31.2 Å². The second-order valence-corrected chi connectivity index (χ2v) is 8.25. The van der Waals surface area contributed by atoms with Gasteiger partial charge in [0.05, 0.1) is 11.2 Å². The van der Waals surface area contributed by atoms with E-state index in [0.717, 1.165) is 45.5 Å². The van der Waals surface area contributed by atoms with E-state index in [2.05, 4.69) is 47.9 Å². The molecule has 28 heavy (non-hydrogen) atoms. The number of nitrogens with zero attached hydrogens (tertiary/aromatic N) is 1. The second kappa shape index (κ2) is 8.93. The van der Waals surface area contributed by atoms with E-state index in [1.54, 1.807) is 0 Å². The zero-order valence-corrected chi connectivity index (χ0v) is 17.2. The molecule has 0 bridgehead atoms. The molecule has 4 heteroatoms. The van der Waals surface area contributed by atoms with Crippen LogP contribution < -0.4 is 10.6 Å². The number of rotatable bonds is 6. The number of nitrogens with one attached hydrogen (secondary N) is 2. The molecule has 1 fully saturated rings. The summed E-state index contributed by atoms with van der Waals surface area (Å²) in [6, 6.07) is 16.5. The predicted molar refractivity (Wildman–Crippen MR) is 120 cm³/mol. The lowest BCUT2D eigenvalue weighted by Gasteiger charge is -2.22. The lowest BCUT2D eigenvalue weighted by molar-refractivity contribution is 0.353. The Balaban J connectivity index is 1.54. The molecular weight excluding hydrogens is 366 g/mol. The molecule has 0 saturated carbocycles. The number of anilines is 1. The van der Waals surface area contributed by atoms with Gasteiger partial charge in [-0.1, -0.05) is 35.9 Å². The van der Waals surface area contributed by atoms with Gasteiger partial charge in [-0.2, -0.15) is 0 Å². The molecule has 0 radical (unpaired) electrons. The molecule has 0 aliphatic carbocycles. The van der Waals surface area contributed by atoms with Gasteiger partial charge in [-0.05, 0) is 81.4 Å². The summed E-state index contributed by atoms with van der Waals surface area (Å²) < 4.78 is 0. The normalized spacial score (nSPS) is 17.0. The van der Waals surface area contributed by atoms with Crippen LogP contribution in [0.2, 0.25) is 5.02 Å². The molecule has 1 saturated heterocycles. The first-order chi connectivity index (χ1) is 13.7. The topological polar surface area (TPSA) is 37.0 Å². The quantitative estimate of drug-likeness (QED) is 0.500. The summed E-state index contributed by atoms with van der Waals surface area (Å²) in [5.41, 5.74) is 5.45. The van der Waals surface area contributed by atoms with Crippen LogP contribution in [-0.4, -0.2) is 24.6 Å². The fourth-order valence-corrected chi connectivity index (χ4v) is 4.38. The number of piperidine rings is 1. The third-order valence-corrected chi connectivity index (χ3v) is 5.92. The van der Waals surface area contributed by atoms with Crippen molar-refractivity contribution in [1.29, 1.82) is 0 Å². The van der Waals surface area contributed by atoms with Crippen molar-refractivity contribution < 1.29 is 0 Å². The third-order valence-electron chi connectivity index (χ3n) is 5.68. The molecule has 3 nitrogen and oxygen atoms in total. The fourth-order valence-electron chi connectivity index (χ4n) is 4.16. The minimum absolute atomic E-state index is 0.762. The largest absolute Gasteiger partial charge is 0.384 e. The Morgan fingerprint density at radius 1 is 1.18 bits per heavy atom. The van der Waals surface area contributed by atoms with Gasteiger partial charge in [-0.25, -0.2) is 4.98 Å². The SMILES string of the molecule is Cc1cc(Cl)ccc1-c1cc(NCCCC2CCCNC2)c2ccccc2n1. The molecular formula is C24H28ClN3. The molecule has 1 aromatic heterocycles. The smallest absolute Gasteiger partial charge is 0.0732 e. The van der Waals surface area contributed by atoms with E-state index >= 15 is 0 Å². The first-order valence-corrected chi connectivity index (χ1v) is 10.7. The van der Waals surface area contributed by atoms with Gasteiger partial charge in [-0.15, -0.1) is 0 Å². The summed E-state index contributed by atoms with van der Waals surface area (Å²) >= 11 is 6.14. The highest BCUT2D eigenvalue weighted by Crippen LogP contribution is 2.31. The van der Waals surface area contributed by atoms with E-state index in [1.807, 2.05) is 18.2 Å². The number of hydrogen-bond donors (Lipinski definition) is 2. The molecule has 2 aromatic carbocycles. The maximum atomic E-state index is 6.14. The van der Waals surface area contributed by atoms with Crippen LogP contribution in [0.3, 0.4) is 0 Å². The molecule has 146 valence electrons. The summed E-state index contributed by atoms with van der Waals surface area (Å²) in [6.45, 7) is 5.44. The van der Waals surface area contributed by atoms with Crippen LogP contribution in [0.5, 0.6) is 0 Å². The van der Waals surface area contributed by atoms with Gasteiger partial charge in [0, 0.05) is 28.2 Å². The van der Waals surface area contributed by atoms with Gasteiger partial charge < -0.3 is 10.6 Å². The highest BCUT2D eigenvalue weighted by molar-refractivity contribution is 6.30. The summed E-state index contributed by atoms with van der Waals surface area (Å²) in [6.07, 6.45) is 5.16. The monoisotopic (exact) mass is 393 g/mol. The Bertz CT molecular complexity index is 948. The van der Waals surface area contributed by atoms with Crippen LogP contribution in [-0.2, 0) is 0 Å². The highest BCUT2D eigenvalue weighted by Gasteiger charge is 2.13. The highest BCUT2D eigenvalue weighted by atomic mass is 35.5. The summed E-state index contributed by atoms with van der Waals surface area (Å²) in [7, 11) is 0. The molecule has 3 aromatic rings. The molecule has 2 N–H and O–H groups in total. The van der Waals surface area contributed by atoms with Crippen molar-refractivity contribution in [3.8, 4) is 11.3 Å². The van der Waals surface area contributed by atoms with Gasteiger partial charge in [-0.3, -0.25) is 0 Å². The summed E-state index contributed by atoms with van der Waals surface area (Å²) in [5.74, 6) is 0.831. The van der Waals surface area contributed by atoms with Crippen molar-refractivity contribution >= 4 is 28.2 Å². The molecule has 1 aliphatic heterocycles. The lowest BCUT2D eigenvalue weighted by Crippen LogP contribution is -2.29. The number of aromatic nitrogens is 1. The number of benzene rings is 2. The average Bonchev–Trinajstić information content (AvgIpc) is 2.72. The molecule has 0 spiro atoms. The molecule has 1 unspecified atom stereocenters. The molecule has 4 rings (SSSR count). The van der Waals surface area contributed by atoms with Gasteiger partial charge in [0.15, 0.2) is 0 Å². The molecule has 1 atom stereocenters. The van der Waals surface area contributed by atoms with Crippen molar-refractivity contribution in [2.75, 3.05) is 25.0 Å². The average molecular weight is 394 g/mol. The first-order valence-electron chi connectivity index (χ1n) is 10.3. The first kappa shape index (κ1) is 19.2. The Labute approximate surface area is 172 Å². The van der Waals surface area contributed by atoms with Gasteiger partial charge in [0.25, 0.3) is 0 Å². The van der Waals surface area contributed by atoms with Crippen molar-refractivity contribution in [2.45, 2.75) is 32.6 Å². The Kier molecular flexibility index (Phi) is 6.13. The molecule has 1 aliphatic rings. The fraction of sp³-hybridized carbons (Fsp3) is 0.375. The minimum Gasteiger partial charge on any atom is -0.384 e. The maximum absolute atomic E-state index is 6.14. The Morgan fingerprint density at radius 3 is 2.89 bits per heavy atom. The van der Waals surface area contributed by atoms with E-state index < -0.39 is 0 Å². The number of halogens is 1. The summed E-state index contributed by atoms with van der Waals surface area (Å²) in [5, 5.41) is 9.14. The molecule has 2 heterocycles. The van der Waals surface area contributed by atoms with Crippen LogP contribution >= 0.6 is 11.6 Å². The standard InChI is InChI=1S/C24H28ClN3/c1-17-14-19(25)10-11-20(17)24-15-23(21-8-2-3-9-22(21)28-24)27-13-5-7-18-6-4-12-26-16-18/h2-3,8-11,14-15,18,26H,4-7,12-13,16H2,1H3,(H,27,28). The zero-order valence-electron chi connectivity index (χ0n) is 16.5. The predicted octanol–water partition coefficient (Wildman–Crippen LogP) is 6.06. The summed E-state index contributed by atoms with van der Waals surface area (Å²) in [4.78, 5) is 4.91. The second-order valence-electron chi connectivity index (χ2n) is 7.81. The van der Waals surface area contributed by atoms with Crippen LogP contribution in [0.4, 0.5) is 5.69 Å². The van der Waals surface area contributed by atoms with Gasteiger partial charge >= 0.3 is 0 Å². The van der Waals surface area contributed by atoms with E-state index in [-0.39, 0.29) is 0 Å². The van der Waals surface area contributed by atoms with Crippen LogP contribution in [0, 0.1) is 12.8 Å². The van der Waals surface area contributed by atoms with E-state index in [0.29, 0.717) is 0 Å². The number of fused-ring (bicyclic) bond motifs is 1. The maximum Gasteiger partial charge on any atom is 0.0732 e. The molecule has 0 amide bonds.